The van der Waals surface area contributed by atoms with E-state index in [0.29, 0.717) is 13.2 Å². The van der Waals surface area contributed by atoms with Gasteiger partial charge in [-0.15, -0.1) is 0 Å². The summed E-state index contributed by atoms with van der Waals surface area (Å²) in [5.41, 5.74) is 0. The Hall–Kier alpha value is -1.30. The Morgan fingerprint density at radius 3 is 2.56 bits per heavy atom. The Bertz CT molecular complexity index is 278. The smallest absolute Gasteiger partial charge is 0.325 e. The molecule has 1 saturated heterocycles. The van der Waals surface area contributed by atoms with Crippen molar-refractivity contribution in [2.75, 3.05) is 32.8 Å². The quantitative estimate of drug-likeness (QED) is 0.696. The van der Waals surface area contributed by atoms with Gasteiger partial charge < -0.3 is 20.3 Å². The van der Waals surface area contributed by atoms with Crippen LogP contribution in [0, 0.1) is 0 Å². The van der Waals surface area contributed by atoms with Gasteiger partial charge in [0.05, 0.1) is 6.61 Å². The number of urea groups is 1. The van der Waals surface area contributed by atoms with Crippen LogP contribution in [0.25, 0.3) is 0 Å². The Kier molecular flexibility index (Phi) is 6.49. The van der Waals surface area contributed by atoms with Crippen LogP contribution in [-0.2, 0) is 9.53 Å². The third-order valence-electron chi connectivity index (χ3n) is 3.04. The van der Waals surface area contributed by atoms with E-state index in [2.05, 4.69) is 10.6 Å². The number of esters is 1. The van der Waals surface area contributed by atoms with Crippen LogP contribution in [0.15, 0.2) is 0 Å². The van der Waals surface area contributed by atoms with E-state index >= 15 is 0 Å². The van der Waals surface area contributed by atoms with Crippen LogP contribution < -0.4 is 10.6 Å². The Morgan fingerprint density at radius 1 is 1.33 bits per heavy atom. The van der Waals surface area contributed by atoms with E-state index in [1.54, 1.807) is 11.8 Å². The number of nitrogens with one attached hydrogen (secondary N) is 2. The van der Waals surface area contributed by atoms with Crippen molar-refractivity contribution in [1.29, 1.82) is 0 Å². The molecular weight excluding hydrogens is 234 g/mol. The number of hydrogen-bond donors (Lipinski definition) is 2. The molecule has 18 heavy (non-hydrogen) atoms. The number of nitrogens with zero attached hydrogens (tertiary/aromatic N) is 1. The predicted octanol–water partition coefficient (Wildman–Crippen LogP) is 0.333. The Balaban J connectivity index is 2.38. The van der Waals surface area contributed by atoms with Crippen LogP contribution in [0.1, 0.15) is 26.7 Å². The lowest BCUT2D eigenvalue weighted by Crippen LogP contribution is -2.50. The molecule has 0 aromatic carbocycles. The van der Waals surface area contributed by atoms with Crippen molar-refractivity contribution in [1.82, 2.24) is 15.5 Å². The van der Waals surface area contributed by atoms with E-state index in [4.69, 9.17) is 4.74 Å². The highest BCUT2D eigenvalue weighted by Crippen LogP contribution is 2.11. The normalized spacial score (nSPS) is 16.1. The highest BCUT2D eigenvalue weighted by Gasteiger charge is 2.24. The molecule has 1 heterocycles. The Labute approximate surface area is 108 Å². The van der Waals surface area contributed by atoms with Crippen LogP contribution >= 0.6 is 0 Å². The lowest BCUT2D eigenvalue weighted by atomic mass is 10.1. The average molecular weight is 257 g/mol. The van der Waals surface area contributed by atoms with Crippen molar-refractivity contribution < 1.29 is 14.3 Å². The number of rotatable bonds is 5. The van der Waals surface area contributed by atoms with Crippen molar-refractivity contribution in [3.8, 4) is 0 Å². The van der Waals surface area contributed by atoms with Crippen molar-refractivity contribution in [3.05, 3.63) is 0 Å². The summed E-state index contributed by atoms with van der Waals surface area (Å²) in [5.74, 6) is -0.396. The van der Waals surface area contributed by atoms with E-state index in [-0.39, 0.29) is 18.6 Å². The summed E-state index contributed by atoms with van der Waals surface area (Å²) >= 11 is 0. The molecule has 1 aliphatic rings. The molecule has 0 bridgehead atoms. The van der Waals surface area contributed by atoms with Gasteiger partial charge in [-0.2, -0.15) is 0 Å². The fourth-order valence-corrected chi connectivity index (χ4v) is 2.15. The third kappa shape index (κ3) is 4.52. The fourth-order valence-electron chi connectivity index (χ4n) is 2.15. The molecule has 1 rings (SSSR count). The second-order valence-electron chi connectivity index (χ2n) is 4.23. The van der Waals surface area contributed by atoms with Gasteiger partial charge in [-0.05, 0) is 39.8 Å². The Morgan fingerprint density at radius 2 is 2.00 bits per heavy atom. The zero-order valence-corrected chi connectivity index (χ0v) is 11.2. The van der Waals surface area contributed by atoms with Gasteiger partial charge in [0.1, 0.15) is 6.54 Å². The monoisotopic (exact) mass is 257 g/mol. The summed E-state index contributed by atoms with van der Waals surface area (Å²) in [6, 6.07) is 0.0795. The van der Waals surface area contributed by atoms with Crippen LogP contribution in [0.3, 0.4) is 0 Å². The van der Waals surface area contributed by atoms with Crippen molar-refractivity contribution in [2.45, 2.75) is 32.7 Å². The van der Waals surface area contributed by atoms with Gasteiger partial charge in [0, 0.05) is 12.6 Å². The number of amides is 2. The molecule has 0 spiro atoms. The first-order chi connectivity index (χ1) is 8.69. The molecule has 0 aliphatic carbocycles. The van der Waals surface area contributed by atoms with Gasteiger partial charge in [-0.3, -0.25) is 4.79 Å². The third-order valence-corrected chi connectivity index (χ3v) is 3.04. The number of ether oxygens (including phenoxy) is 1. The van der Waals surface area contributed by atoms with E-state index in [9.17, 15) is 9.59 Å². The lowest BCUT2D eigenvalue weighted by Gasteiger charge is -2.33. The molecule has 0 atom stereocenters. The molecule has 1 aliphatic heterocycles. The number of carbonyl (C=O) groups is 2. The zero-order valence-electron chi connectivity index (χ0n) is 11.2. The molecule has 0 saturated carbocycles. The maximum atomic E-state index is 12.0. The van der Waals surface area contributed by atoms with E-state index in [0.717, 1.165) is 25.9 Å². The van der Waals surface area contributed by atoms with Gasteiger partial charge in [-0.1, -0.05) is 0 Å². The SMILES string of the molecule is CCOC(=O)CNC(=O)N(CC)C1CCNCC1. The molecule has 0 unspecified atom stereocenters. The molecule has 0 radical (unpaired) electrons. The first-order valence-corrected chi connectivity index (χ1v) is 6.59. The minimum Gasteiger partial charge on any atom is -0.465 e. The van der Waals surface area contributed by atoms with Crippen molar-refractivity contribution in [2.24, 2.45) is 0 Å². The van der Waals surface area contributed by atoms with Gasteiger partial charge in [0.25, 0.3) is 0 Å². The number of piperidine rings is 1. The van der Waals surface area contributed by atoms with Gasteiger partial charge in [0.2, 0.25) is 0 Å². The maximum Gasteiger partial charge on any atom is 0.325 e. The molecule has 6 nitrogen and oxygen atoms in total. The van der Waals surface area contributed by atoms with E-state index in [1.807, 2.05) is 6.92 Å². The summed E-state index contributed by atoms with van der Waals surface area (Å²) in [4.78, 5) is 24.9. The molecule has 0 aromatic rings. The number of hydrogen-bond acceptors (Lipinski definition) is 4. The summed E-state index contributed by atoms with van der Waals surface area (Å²) in [6.45, 7) is 6.49. The van der Waals surface area contributed by atoms with Crippen LogP contribution in [0.4, 0.5) is 4.79 Å². The largest absolute Gasteiger partial charge is 0.465 e. The molecule has 2 N–H and O–H groups in total. The lowest BCUT2D eigenvalue weighted by molar-refractivity contribution is -0.141. The standard InChI is InChI=1S/C12H23N3O3/c1-3-15(10-5-7-13-8-6-10)12(17)14-9-11(16)18-4-2/h10,13H,3-9H2,1-2H3,(H,14,17). The van der Waals surface area contributed by atoms with Crippen molar-refractivity contribution in [3.63, 3.8) is 0 Å². The topological polar surface area (TPSA) is 70.7 Å². The highest BCUT2D eigenvalue weighted by molar-refractivity contribution is 5.81. The molecule has 104 valence electrons. The van der Waals surface area contributed by atoms with Gasteiger partial charge in [-0.25, -0.2) is 4.79 Å². The molecule has 2 amide bonds. The van der Waals surface area contributed by atoms with Crippen LogP contribution in [0.2, 0.25) is 0 Å². The summed E-state index contributed by atoms with van der Waals surface area (Å²) < 4.78 is 4.77. The van der Waals surface area contributed by atoms with E-state index < -0.39 is 5.97 Å². The maximum absolute atomic E-state index is 12.0. The molecule has 6 heteroatoms. The summed E-state index contributed by atoms with van der Waals surface area (Å²) in [6.07, 6.45) is 1.92. The molecular formula is C12H23N3O3. The molecule has 1 fully saturated rings. The zero-order chi connectivity index (χ0) is 13.4. The summed E-state index contributed by atoms with van der Waals surface area (Å²) in [7, 11) is 0. The predicted molar refractivity (Wildman–Crippen MR) is 68.3 cm³/mol. The second kappa shape index (κ2) is 7.92. The minimum absolute atomic E-state index is 0.0614. The summed E-state index contributed by atoms with van der Waals surface area (Å²) in [5, 5.41) is 5.87. The first-order valence-electron chi connectivity index (χ1n) is 6.59. The minimum atomic E-state index is -0.396. The van der Waals surface area contributed by atoms with Crippen molar-refractivity contribution >= 4 is 12.0 Å². The fraction of sp³-hybridized carbons (Fsp3) is 0.833. The second-order valence-corrected chi connectivity index (χ2v) is 4.23. The van der Waals surface area contributed by atoms with Crippen LogP contribution in [-0.4, -0.2) is 55.7 Å². The van der Waals surface area contributed by atoms with Crippen LogP contribution in [0.5, 0.6) is 0 Å². The number of carbonyl (C=O) groups excluding carboxylic acids is 2. The van der Waals surface area contributed by atoms with Gasteiger partial charge in [0.15, 0.2) is 0 Å². The highest BCUT2D eigenvalue weighted by atomic mass is 16.5. The van der Waals surface area contributed by atoms with Gasteiger partial charge >= 0.3 is 12.0 Å². The first kappa shape index (κ1) is 14.8. The molecule has 0 aromatic heterocycles. The average Bonchev–Trinajstić information content (AvgIpc) is 2.39. The van der Waals surface area contributed by atoms with E-state index in [1.165, 1.54) is 0 Å².